The van der Waals surface area contributed by atoms with E-state index in [9.17, 15) is 17.2 Å². The van der Waals surface area contributed by atoms with E-state index in [-0.39, 0.29) is 12.5 Å². The summed E-state index contributed by atoms with van der Waals surface area (Å²) in [6.45, 7) is 3.77. The summed E-state index contributed by atoms with van der Waals surface area (Å²) in [6.07, 6.45) is 0. The highest BCUT2D eigenvalue weighted by atomic mass is 32.2. The summed E-state index contributed by atoms with van der Waals surface area (Å²) in [7, 11) is -4.00. The van der Waals surface area contributed by atoms with Crippen molar-refractivity contribution in [2.45, 2.75) is 18.7 Å². The van der Waals surface area contributed by atoms with Crippen LogP contribution in [-0.2, 0) is 10.0 Å². The third-order valence-corrected chi connectivity index (χ3v) is 3.50. The topological polar surface area (TPSA) is 72.2 Å². The van der Waals surface area contributed by atoms with Crippen LogP contribution >= 0.6 is 0 Å². The van der Waals surface area contributed by atoms with Crippen LogP contribution in [0.5, 0.6) is 0 Å². The Hall–Kier alpha value is -1.21. The van der Waals surface area contributed by atoms with Gasteiger partial charge in [-0.3, -0.25) is 0 Å². The molecule has 3 N–H and O–H groups in total. The van der Waals surface area contributed by atoms with Crippen molar-refractivity contribution in [1.82, 2.24) is 4.72 Å². The summed E-state index contributed by atoms with van der Waals surface area (Å²) >= 11 is 0. The van der Waals surface area contributed by atoms with Crippen LogP contribution in [-0.4, -0.2) is 15.0 Å². The molecule has 96 valence electrons. The molecule has 1 aromatic rings. The van der Waals surface area contributed by atoms with Gasteiger partial charge in [0.05, 0.1) is 0 Å². The standard InChI is InChI=1S/C10H14F2N2O2S/c1-6(2)5-14-17(15,16)8-4-3-7(11)10(13)9(8)12/h3-4,6,14H,5,13H2,1-2H3. The zero-order chi connectivity index (χ0) is 13.2. The van der Waals surface area contributed by atoms with Crippen molar-refractivity contribution in [3.8, 4) is 0 Å². The van der Waals surface area contributed by atoms with Gasteiger partial charge in [0.2, 0.25) is 10.0 Å². The summed E-state index contributed by atoms with van der Waals surface area (Å²) in [6, 6.07) is 1.67. The molecule has 0 atom stereocenters. The van der Waals surface area contributed by atoms with E-state index in [2.05, 4.69) is 4.72 Å². The first kappa shape index (κ1) is 13.9. The molecule has 0 saturated heterocycles. The summed E-state index contributed by atoms with van der Waals surface area (Å²) in [5, 5.41) is 0. The summed E-state index contributed by atoms with van der Waals surface area (Å²) in [4.78, 5) is -0.642. The fourth-order valence-corrected chi connectivity index (χ4v) is 2.41. The van der Waals surface area contributed by atoms with Gasteiger partial charge in [-0.05, 0) is 18.1 Å². The second-order valence-corrected chi connectivity index (χ2v) is 5.75. The average molecular weight is 264 g/mol. The number of sulfonamides is 1. The lowest BCUT2D eigenvalue weighted by atomic mass is 10.2. The molecule has 0 bridgehead atoms. The second-order valence-electron chi connectivity index (χ2n) is 4.02. The van der Waals surface area contributed by atoms with Crippen molar-refractivity contribution in [3.05, 3.63) is 23.8 Å². The van der Waals surface area contributed by atoms with E-state index in [1.807, 2.05) is 0 Å². The Balaban J connectivity index is 3.12. The molecule has 0 aliphatic heterocycles. The number of nitrogens with two attached hydrogens (primary N) is 1. The maximum Gasteiger partial charge on any atom is 0.243 e. The van der Waals surface area contributed by atoms with Gasteiger partial charge in [-0.15, -0.1) is 0 Å². The minimum absolute atomic E-state index is 0.0747. The second kappa shape index (κ2) is 4.97. The zero-order valence-electron chi connectivity index (χ0n) is 9.50. The Morgan fingerprint density at radius 3 is 2.47 bits per heavy atom. The summed E-state index contributed by atoms with van der Waals surface area (Å²) in [5.41, 5.74) is 4.30. The Morgan fingerprint density at radius 2 is 1.94 bits per heavy atom. The van der Waals surface area contributed by atoms with E-state index in [0.717, 1.165) is 12.1 Å². The van der Waals surface area contributed by atoms with Crippen LogP contribution in [0.4, 0.5) is 14.5 Å². The van der Waals surface area contributed by atoms with Gasteiger partial charge in [0.25, 0.3) is 0 Å². The molecule has 0 aliphatic rings. The lowest BCUT2D eigenvalue weighted by Gasteiger charge is -2.10. The third-order valence-electron chi connectivity index (χ3n) is 2.06. The van der Waals surface area contributed by atoms with Gasteiger partial charge in [0, 0.05) is 6.54 Å². The smallest absolute Gasteiger partial charge is 0.243 e. The first-order chi connectivity index (χ1) is 7.75. The van der Waals surface area contributed by atoms with Crippen molar-refractivity contribution < 1.29 is 17.2 Å². The van der Waals surface area contributed by atoms with E-state index in [0.29, 0.717) is 0 Å². The molecule has 1 rings (SSSR count). The predicted molar refractivity (Wildman–Crippen MR) is 60.8 cm³/mol. The first-order valence-electron chi connectivity index (χ1n) is 4.99. The van der Waals surface area contributed by atoms with E-state index < -0.39 is 32.2 Å². The molecule has 0 radical (unpaired) electrons. The molecule has 0 fully saturated rings. The van der Waals surface area contributed by atoms with Crippen LogP contribution in [0.1, 0.15) is 13.8 Å². The minimum atomic E-state index is -4.00. The molecule has 4 nitrogen and oxygen atoms in total. The normalized spacial score (nSPS) is 12.1. The van der Waals surface area contributed by atoms with Crippen molar-refractivity contribution in [3.63, 3.8) is 0 Å². The van der Waals surface area contributed by atoms with Gasteiger partial charge in [0.1, 0.15) is 16.4 Å². The number of nitrogen functional groups attached to an aromatic ring is 1. The Bertz CT molecular complexity index is 515. The predicted octanol–water partition coefficient (Wildman–Crippen LogP) is 1.48. The SMILES string of the molecule is CC(C)CNS(=O)(=O)c1ccc(F)c(N)c1F. The first-order valence-corrected chi connectivity index (χ1v) is 6.47. The Labute approximate surface area is 98.9 Å². The fraction of sp³-hybridized carbons (Fsp3) is 0.400. The zero-order valence-corrected chi connectivity index (χ0v) is 10.3. The van der Waals surface area contributed by atoms with Gasteiger partial charge in [0.15, 0.2) is 5.82 Å². The number of anilines is 1. The molecule has 0 amide bonds. The molecule has 0 aliphatic carbocycles. The number of benzene rings is 1. The molecule has 0 saturated carbocycles. The molecule has 0 heterocycles. The number of halogens is 2. The monoisotopic (exact) mass is 264 g/mol. The van der Waals surface area contributed by atoms with Gasteiger partial charge < -0.3 is 5.73 Å². The van der Waals surface area contributed by atoms with E-state index >= 15 is 0 Å². The van der Waals surface area contributed by atoms with Crippen LogP contribution < -0.4 is 10.5 Å². The molecule has 1 aromatic carbocycles. The number of hydrogen-bond acceptors (Lipinski definition) is 3. The molecular weight excluding hydrogens is 250 g/mol. The maximum atomic E-state index is 13.5. The highest BCUT2D eigenvalue weighted by Crippen LogP contribution is 2.22. The molecular formula is C10H14F2N2O2S. The highest BCUT2D eigenvalue weighted by Gasteiger charge is 2.22. The molecule has 0 spiro atoms. The van der Waals surface area contributed by atoms with Crippen molar-refractivity contribution in [2.75, 3.05) is 12.3 Å². The van der Waals surface area contributed by atoms with Crippen LogP contribution in [0.3, 0.4) is 0 Å². The van der Waals surface area contributed by atoms with Gasteiger partial charge >= 0.3 is 0 Å². The quantitative estimate of drug-likeness (QED) is 0.809. The van der Waals surface area contributed by atoms with E-state index in [4.69, 9.17) is 5.73 Å². The Kier molecular flexibility index (Phi) is 4.05. The highest BCUT2D eigenvalue weighted by molar-refractivity contribution is 7.89. The molecule has 0 aromatic heterocycles. The minimum Gasteiger partial charge on any atom is -0.394 e. The third kappa shape index (κ3) is 3.13. The molecule has 7 heteroatoms. The van der Waals surface area contributed by atoms with Crippen LogP contribution in [0.15, 0.2) is 17.0 Å². The van der Waals surface area contributed by atoms with E-state index in [1.54, 1.807) is 13.8 Å². The largest absolute Gasteiger partial charge is 0.394 e. The van der Waals surface area contributed by atoms with Crippen LogP contribution in [0.25, 0.3) is 0 Å². The lowest BCUT2D eigenvalue weighted by Crippen LogP contribution is -2.28. The van der Waals surface area contributed by atoms with E-state index in [1.165, 1.54) is 0 Å². The summed E-state index contributed by atoms with van der Waals surface area (Å²) < 4.78 is 52.0. The number of nitrogens with one attached hydrogen (secondary N) is 1. The lowest BCUT2D eigenvalue weighted by molar-refractivity contribution is 0.538. The van der Waals surface area contributed by atoms with Crippen molar-refractivity contribution in [2.24, 2.45) is 5.92 Å². The maximum absolute atomic E-state index is 13.5. The van der Waals surface area contributed by atoms with Gasteiger partial charge in [-0.2, -0.15) is 0 Å². The molecule has 17 heavy (non-hydrogen) atoms. The average Bonchev–Trinajstić information content (AvgIpc) is 2.23. The van der Waals surface area contributed by atoms with Gasteiger partial charge in [-0.25, -0.2) is 21.9 Å². The fourth-order valence-electron chi connectivity index (χ4n) is 1.11. The molecule has 0 unspecified atom stereocenters. The summed E-state index contributed by atoms with van der Waals surface area (Å²) in [5.74, 6) is -2.17. The van der Waals surface area contributed by atoms with Crippen LogP contribution in [0.2, 0.25) is 0 Å². The van der Waals surface area contributed by atoms with Crippen molar-refractivity contribution in [1.29, 1.82) is 0 Å². The van der Waals surface area contributed by atoms with Gasteiger partial charge in [-0.1, -0.05) is 13.8 Å². The van der Waals surface area contributed by atoms with Crippen molar-refractivity contribution >= 4 is 15.7 Å². The Morgan fingerprint density at radius 1 is 1.35 bits per heavy atom. The van der Waals surface area contributed by atoms with Crippen LogP contribution in [0, 0.1) is 17.6 Å². The number of rotatable bonds is 4. The number of hydrogen-bond donors (Lipinski definition) is 2.